The molecule has 1 saturated heterocycles. The van der Waals surface area contributed by atoms with Gasteiger partial charge < -0.3 is 15.4 Å². The first-order valence-corrected chi connectivity index (χ1v) is 6.98. The zero-order valence-electron chi connectivity index (χ0n) is 11.5. The van der Waals surface area contributed by atoms with Gasteiger partial charge in [0, 0.05) is 24.8 Å². The summed E-state index contributed by atoms with van der Waals surface area (Å²) in [7, 11) is 0. The smallest absolute Gasteiger partial charge is 0.263 e. The number of carbonyl (C=O) groups excluding carboxylic acids is 1. The van der Waals surface area contributed by atoms with Gasteiger partial charge in [-0.2, -0.15) is 0 Å². The molecule has 1 aromatic carbocycles. The number of amides is 1. The number of nitrogen functional groups attached to an aromatic ring is 1. The highest BCUT2D eigenvalue weighted by Gasteiger charge is 2.22. The van der Waals surface area contributed by atoms with Crippen molar-refractivity contribution in [2.45, 2.75) is 38.7 Å². The van der Waals surface area contributed by atoms with Crippen molar-refractivity contribution in [2.75, 3.05) is 18.8 Å². The Balaban J connectivity index is 1.94. The van der Waals surface area contributed by atoms with Gasteiger partial charge in [-0.1, -0.05) is 18.9 Å². The van der Waals surface area contributed by atoms with Crippen LogP contribution in [0.2, 0.25) is 0 Å². The van der Waals surface area contributed by atoms with Crippen molar-refractivity contribution in [1.29, 1.82) is 0 Å². The second-order valence-electron chi connectivity index (χ2n) is 5.07. The first kappa shape index (κ1) is 13.7. The summed E-state index contributed by atoms with van der Waals surface area (Å²) in [5.41, 5.74) is 6.34. The molecule has 1 fully saturated rings. The van der Waals surface area contributed by atoms with Crippen molar-refractivity contribution in [3.8, 4) is 5.75 Å². The number of ether oxygens (including phenoxy) is 1. The lowest BCUT2D eigenvalue weighted by molar-refractivity contribution is -0.137. The third-order valence-electron chi connectivity index (χ3n) is 3.44. The Morgan fingerprint density at radius 2 is 1.95 bits per heavy atom. The summed E-state index contributed by atoms with van der Waals surface area (Å²) < 4.78 is 5.68. The topological polar surface area (TPSA) is 55.6 Å². The van der Waals surface area contributed by atoms with Gasteiger partial charge >= 0.3 is 0 Å². The summed E-state index contributed by atoms with van der Waals surface area (Å²) in [6.45, 7) is 3.50. The minimum atomic E-state index is -0.458. The van der Waals surface area contributed by atoms with Gasteiger partial charge in [-0.05, 0) is 31.9 Å². The quantitative estimate of drug-likeness (QED) is 0.851. The van der Waals surface area contributed by atoms with Crippen molar-refractivity contribution in [1.82, 2.24) is 4.90 Å². The van der Waals surface area contributed by atoms with Gasteiger partial charge in [0.05, 0.1) is 0 Å². The fraction of sp³-hybridized carbons (Fsp3) is 0.533. The lowest BCUT2D eigenvalue weighted by Crippen LogP contribution is -2.40. The average molecular weight is 262 g/mol. The molecule has 19 heavy (non-hydrogen) atoms. The number of hydrogen-bond acceptors (Lipinski definition) is 3. The Kier molecular flexibility index (Phi) is 4.66. The molecule has 1 heterocycles. The van der Waals surface area contributed by atoms with Crippen LogP contribution in [0, 0.1) is 0 Å². The molecule has 2 rings (SSSR count). The summed E-state index contributed by atoms with van der Waals surface area (Å²) in [6, 6.07) is 7.19. The predicted molar refractivity (Wildman–Crippen MR) is 76.0 cm³/mol. The third kappa shape index (κ3) is 3.88. The maximum absolute atomic E-state index is 12.3. The number of benzene rings is 1. The molecule has 1 amide bonds. The Morgan fingerprint density at radius 1 is 1.26 bits per heavy atom. The Hall–Kier alpha value is -1.71. The molecule has 1 aliphatic rings. The van der Waals surface area contributed by atoms with E-state index in [4.69, 9.17) is 10.5 Å². The summed E-state index contributed by atoms with van der Waals surface area (Å²) in [5, 5.41) is 0. The van der Waals surface area contributed by atoms with Gasteiger partial charge in [-0.15, -0.1) is 0 Å². The zero-order chi connectivity index (χ0) is 13.7. The van der Waals surface area contributed by atoms with Crippen LogP contribution in [0.15, 0.2) is 24.3 Å². The molecule has 0 saturated carbocycles. The van der Waals surface area contributed by atoms with E-state index in [1.54, 1.807) is 19.1 Å². The molecule has 1 aromatic rings. The Labute approximate surface area is 114 Å². The number of nitrogens with two attached hydrogens (primary N) is 1. The zero-order valence-corrected chi connectivity index (χ0v) is 11.5. The van der Waals surface area contributed by atoms with Crippen LogP contribution in [0.3, 0.4) is 0 Å². The van der Waals surface area contributed by atoms with Crippen LogP contribution in [0.4, 0.5) is 5.69 Å². The lowest BCUT2D eigenvalue weighted by atomic mass is 10.2. The number of rotatable bonds is 3. The van der Waals surface area contributed by atoms with E-state index in [1.165, 1.54) is 12.8 Å². The molecule has 4 heteroatoms. The molecular weight excluding hydrogens is 240 g/mol. The molecule has 0 aliphatic carbocycles. The monoisotopic (exact) mass is 262 g/mol. The Morgan fingerprint density at radius 3 is 2.58 bits per heavy atom. The third-order valence-corrected chi connectivity index (χ3v) is 3.44. The first-order valence-electron chi connectivity index (χ1n) is 6.98. The second kappa shape index (κ2) is 6.45. The molecule has 104 valence electrons. The largest absolute Gasteiger partial charge is 0.481 e. The average Bonchev–Trinajstić information content (AvgIpc) is 2.66. The van der Waals surface area contributed by atoms with Crippen LogP contribution >= 0.6 is 0 Å². The van der Waals surface area contributed by atoms with Gasteiger partial charge in [0.25, 0.3) is 5.91 Å². The summed E-state index contributed by atoms with van der Waals surface area (Å²) in [4.78, 5) is 14.2. The maximum Gasteiger partial charge on any atom is 0.263 e. The van der Waals surface area contributed by atoms with Crippen LogP contribution < -0.4 is 10.5 Å². The summed E-state index contributed by atoms with van der Waals surface area (Å²) >= 11 is 0. The maximum atomic E-state index is 12.3. The SMILES string of the molecule is C[C@@H](Oc1cccc(N)c1)C(=O)N1CCCCCC1. The van der Waals surface area contributed by atoms with Crippen LogP contribution in [-0.4, -0.2) is 30.0 Å². The van der Waals surface area contributed by atoms with E-state index >= 15 is 0 Å². The van der Waals surface area contributed by atoms with Crippen LogP contribution in [0.25, 0.3) is 0 Å². The molecule has 0 unspecified atom stereocenters. The van der Waals surface area contributed by atoms with Gasteiger partial charge in [-0.25, -0.2) is 0 Å². The molecule has 1 atom stereocenters. The number of nitrogens with zero attached hydrogens (tertiary/aromatic N) is 1. The van der Waals surface area contributed by atoms with Crippen molar-refractivity contribution >= 4 is 11.6 Å². The molecule has 0 bridgehead atoms. The van der Waals surface area contributed by atoms with E-state index in [0.717, 1.165) is 25.9 Å². The van der Waals surface area contributed by atoms with E-state index in [2.05, 4.69) is 0 Å². The molecule has 0 radical (unpaired) electrons. The summed E-state index contributed by atoms with van der Waals surface area (Å²) in [6.07, 6.45) is 4.16. The molecular formula is C15H22N2O2. The fourth-order valence-electron chi connectivity index (χ4n) is 2.39. The molecule has 0 spiro atoms. The number of carbonyl (C=O) groups is 1. The number of anilines is 1. The Bertz CT molecular complexity index is 426. The first-order chi connectivity index (χ1) is 9.16. The van der Waals surface area contributed by atoms with Crippen LogP contribution in [-0.2, 0) is 4.79 Å². The van der Waals surface area contributed by atoms with Gasteiger partial charge in [0.1, 0.15) is 5.75 Å². The molecule has 2 N–H and O–H groups in total. The van der Waals surface area contributed by atoms with Crippen molar-refractivity contribution in [2.24, 2.45) is 0 Å². The highest BCUT2D eigenvalue weighted by atomic mass is 16.5. The van der Waals surface area contributed by atoms with E-state index in [0.29, 0.717) is 11.4 Å². The highest BCUT2D eigenvalue weighted by Crippen LogP contribution is 2.17. The minimum Gasteiger partial charge on any atom is -0.481 e. The van der Waals surface area contributed by atoms with Crippen molar-refractivity contribution in [3.63, 3.8) is 0 Å². The summed E-state index contributed by atoms with van der Waals surface area (Å²) in [5.74, 6) is 0.722. The standard InChI is InChI=1S/C15H22N2O2/c1-12(19-14-8-6-7-13(16)11-14)15(18)17-9-4-2-3-5-10-17/h6-8,11-12H,2-5,9-10,16H2,1H3/t12-/m1/s1. The van der Waals surface area contributed by atoms with E-state index in [1.807, 2.05) is 17.0 Å². The lowest BCUT2D eigenvalue weighted by Gasteiger charge is -2.24. The highest BCUT2D eigenvalue weighted by molar-refractivity contribution is 5.81. The fourth-order valence-corrected chi connectivity index (χ4v) is 2.39. The van der Waals surface area contributed by atoms with Gasteiger partial charge in [0.15, 0.2) is 6.10 Å². The van der Waals surface area contributed by atoms with E-state index in [9.17, 15) is 4.79 Å². The number of hydrogen-bond donors (Lipinski definition) is 1. The van der Waals surface area contributed by atoms with Gasteiger partial charge in [0.2, 0.25) is 0 Å². The minimum absolute atomic E-state index is 0.0734. The van der Waals surface area contributed by atoms with E-state index < -0.39 is 6.10 Å². The predicted octanol–water partition coefficient (Wildman–Crippen LogP) is 2.44. The van der Waals surface area contributed by atoms with E-state index in [-0.39, 0.29) is 5.91 Å². The molecule has 4 nitrogen and oxygen atoms in total. The number of likely N-dealkylation sites (tertiary alicyclic amines) is 1. The second-order valence-corrected chi connectivity index (χ2v) is 5.07. The molecule has 1 aliphatic heterocycles. The molecule has 0 aromatic heterocycles. The van der Waals surface area contributed by atoms with Crippen molar-refractivity contribution in [3.05, 3.63) is 24.3 Å². The van der Waals surface area contributed by atoms with Gasteiger partial charge in [-0.3, -0.25) is 4.79 Å². The van der Waals surface area contributed by atoms with Crippen LogP contribution in [0.1, 0.15) is 32.6 Å². The van der Waals surface area contributed by atoms with Crippen molar-refractivity contribution < 1.29 is 9.53 Å². The van der Waals surface area contributed by atoms with Crippen LogP contribution in [0.5, 0.6) is 5.75 Å². The normalized spacial score (nSPS) is 17.6.